The topological polar surface area (TPSA) is 46.6 Å². The van der Waals surface area contributed by atoms with Gasteiger partial charge in [0.2, 0.25) is 0 Å². The van der Waals surface area contributed by atoms with E-state index in [9.17, 15) is 9.59 Å². The Kier molecular flexibility index (Phi) is 3.65. The fourth-order valence-corrected chi connectivity index (χ4v) is 1.57. The Morgan fingerprint density at radius 3 is 2.29 bits per heavy atom. The number of carbonyl (C=O) groups excluding carboxylic acids is 2. The lowest BCUT2D eigenvalue weighted by Gasteiger charge is -2.22. The molecule has 0 saturated carbocycles. The average Bonchev–Trinajstić information content (AvgIpc) is 2.45. The summed E-state index contributed by atoms with van der Waals surface area (Å²) in [4.78, 5) is 25.0. The Hall–Kier alpha value is -1.32. The molecule has 0 bridgehead atoms. The summed E-state index contributed by atoms with van der Waals surface area (Å²) in [5.74, 6) is -0.550. The lowest BCUT2D eigenvalue weighted by molar-refractivity contribution is -0.159. The molecule has 4 heteroatoms. The fraction of sp³-hybridized carbons (Fsp3) is 0.692. The third-order valence-corrected chi connectivity index (χ3v) is 2.76. The minimum atomic E-state index is -0.563. The van der Waals surface area contributed by atoms with E-state index in [0.717, 1.165) is 0 Å². The molecule has 4 nitrogen and oxygen atoms in total. The lowest BCUT2D eigenvalue weighted by atomic mass is 9.86. The Balaban J connectivity index is 2.86. The number of hydrogen-bond donors (Lipinski definition) is 0. The van der Waals surface area contributed by atoms with E-state index in [1.165, 1.54) is 4.90 Å². The second-order valence-electron chi connectivity index (χ2n) is 5.73. The number of ether oxygens (including phenoxy) is 1. The molecule has 17 heavy (non-hydrogen) atoms. The van der Waals surface area contributed by atoms with Gasteiger partial charge in [0, 0.05) is 12.6 Å². The van der Waals surface area contributed by atoms with Crippen molar-refractivity contribution in [2.45, 2.75) is 40.8 Å². The van der Waals surface area contributed by atoms with E-state index < -0.39 is 6.23 Å². The highest BCUT2D eigenvalue weighted by atomic mass is 16.6. The van der Waals surface area contributed by atoms with Crippen molar-refractivity contribution >= 4 is 11.9 Å². The standard InChI is InChI=1S/C13H21NO3/c1-8(2)12(16)17-10-7-9(13(3,4)5)11(15)14(10)6/h7-8,10H,1-6H3. The molecule has 0 saturated heterocycles. The van der Waals surface area contributed by atoms with E-state index in [-0.39, 0.29) is 23.2 Å². The molecular formula is C13H21NO3. The van der Waals surface area contributed by atoms with Crippen LogP contribution >= 0.6 is 0 Å². The van der Waals surface area contributed by atoms with Crippen molar-refractivity contribution in [2.24, 2.45) is 11.3 Å². The molecule has 0 fully saturated rings. The number of nitrogens with zero attached hydrogens (tertiary/aromatic N) is 1. The maximum absolute atomic E-state index is 12.0. The van der Waals surface area contributed by atoms with Crippen LogP contribution in [0.1, 0.15) is 34.6 Å². The molecule has 0 spiro atoms. The van der Waals surface area contributed by atoms with E-state index in [1.807, 2.05) is 20.8 Å². The SMILES string of the molecule is CC(C)C(=O)OC1C=C(C(C)(C)C)C(=O)N1C. The van der Waals surface area contributed by atoms with E-state index >= 15 is 0 Å². The zero-order valence-corrected chi connectivity index (χ0v) is 11.4. The molecule has 1 heterocycles. The average molecular weight is 239 g/mol. The zero-order valence-electron chi connectivity index (χ0n) is 11.4. The predicted molar refractivity (Wildman–Crippen MR) is 65.0 cm³/mol. The second-order valence-corrected chi connectivity index (χ2v) is 5.73. The molecular weight excluding hydrogens is 218 g/mol. The van der Waals surface area contributed by atoms with E-state index in [0.29, 0.717) is 5.57 Å². The van der Waals surface area contributed by atoms with Gasteiger partial charge in [-0.15, -0.1) is 0 Å². The Bertz CT molecular complexity index is 363. The molecule has 0 aromatic carbocycles. The van der Waals surface area contributed by atoms with Gasteiger partial charge in [0.15, 0.2) is 6.23 Å². The molecule has 0 radical (unpaired) electrons. The molecule has 1 aliphatic heterocycles. The number of carbonyl (C=O) groups is 2. The predicted octanol–water partition coefficient (Wildman–Crippen LogP) is 1.96. The number of hydrogen-bond acceptors (Lipinski definition) is 3. The van der Waals surface area contributed by atoms with Crippen LogP contribution in [0.4, 0.5) is 0 Å². The third-order valence-electron chi connectivity index (χ3n) is 2.76. The summed E-state index contributed by atoms with van der Waals surface area (Å²) in [7, 11) is 1.65. The van der Waals surface area contributed by atoms with Gasteiger partial charge in [-0.1, -0.05) is 34.6 Å². The van der Waals surface area contributed by atoms with E-state index in [2.05, 4.69) is 0 Å². The van der Waals surface area contributed by atoms with Crippen molar-refractivity contribution in [2.75, 3.05) is 7.05 Å². The number of rotatable bonds is 2. The Morgan fingerprint density at radius 1 is 1.41 bits per heavy atom. The molecule has 1 rings (SSSR count). The van der Waals surface area contributed by atoms with Crippen molar-refractivity contribution < 1.29 is 14.3 Å². The van der Waals surface area contributed by atoms with Gasteiger partial charge in [-0.3, -0.25) is 9.59 Å². The summed E-state index contributed by atoms with van der Waals surface area (Å²) in [5.41, 5.74) is 0.464. The molecule has 0 aliphatic carbocycles. The minimum Gasteiger partial charge on any atom is -0.437 e. The van der Waals surface area contributed by atoms with Gasteiger partial charge in [-0.25, -0.2) is 0 Å². The van der Waals surface area contributed by atoms with Crippen LogP contribution in [0.3, 0.4) is 0 Å². The van der Waals surface area contributed by atoms with Crippen molar-refractivity contribution in [3.63, 3.8) is 0 Å². The van der Waals surface area contributed by atoms with Gasteiger partial charge in [-0.05, 0) is 11.5 Å². The lowest BCUT2D eigenvalue weighted by Crippen LogP contribution is -2.35. The van der Waals surface area contributed by atoms with Gasteiger partial charge < -0.3 is 9.64 Å². The smallest absolute Gasteiger partial charge is 0.310 e. The summed E-state index contributed by atoms with van der Waals surface area (Å²) < 4.78 is 5.27. The highest BCUT2D eigenvalue weighted by Gasteiger charge is 2.37. The first-order valence-electron chi connectivity index (χ1n) is 5.84. The number of likely N-dealkylation sites (N-methyl/N-ethyl adjacent to an activating group) is 1. The van der Waals surface area contributed by atoms with Crippen molar-refractivity contribution in [3.05, 3.63) is 11.6 Å². The second kappa shape index (κ2) is 4.51. The quantitative estimate of drug-likeness (QED) is 0.692. The van der Waals surface area contributed by atoms with E-state index in [1.54, 1.807) is 27.0 Å². The van der Waals surface area contributed by atoms with Crippen LogP contribution in [0.5, 0.6) is 0 Å². The van der Waals surface area contributed by atoms with Gasteiger partial charge in [0.25, 0.3) is 5.91 Å². The largest absolute Gasteiger partial charge is 0.437 e. The monoisotopic (exact) mass is 239 g/mol. The minimum absolute atomic E-state index is 0.0703. The molecule has 96 valence electrons. The van der Waals surface area contributed by atoms with Crippen LogP contribution in [-0.2, 0) is 14.3 Å². The van der Waals surface area contributed by atoms with Crippen LogP contribution < -0.4 is 0 Å². The summed E-state index contributed by atoms with van der Waals surface area (Å²) in [6.45, 7) is 9.45. The number of amides is 1. The molecule has 1 unspecified atom stereocenters. The third kappa shape index (κ3) is 2.87. The van der Waals surface area contributed by atoms with Gasteiger partial charge in [0.1, 0.15) is 0 Å². The maximum atomic E-state index is 12.0. The first-order valence-corrected chi connectivity index (χ1v) is 5.84. The number of esters is 1. The van der Waals surface area contributed by atoms with Gasteiger partial charge in [-0.2, -0.15) is 0 Å². The first-order chi connectivity index (χ1) is 7.64. The zero-order chi connectivity index (χ0) is 13.4. The normalized spacial score (nSPS) is 20.9. The molecule has 0 aromatic heterocycles. The Labute approximate surface area is 103 Å². The fourth-order valence-electron chi connectivity index (χ4n) is 1.57. The summed E-state index contributed by atoms with van der Waals surface area (Å²) in [6.07, 6.45) is 1.18. The Morgan fingerprint density at radius 2 is 1.94 bits per heavy atom. The van der Waals surface area contributed by atoms with Crippen LogP contribution in [0.15, 0.2) is 11.6 Å². The van der Waals surface area contributed by atoms with Crippen molar-refractivity contribution in [3.8, 4) is 0 Å². The van der Waals surface area contributed by atoms with Crippen LogP contribution in [0.2, 0.25) is 0 Å². The molecule has 1 aliphatic rings. The van der Waals surface area contributed by atoms with Gasteiger partial charge in [0.05, 0.1) is 5.92 Å². The molecule has 1 amide bonds. The maximum Gasteiger partial charge on any atom is 0.310 e. The highest BCUT2D eigenvalue weighted by Crippen LogP contribution is 2.32. The van der Waals surface area contributed by atoms with E-state index in [4.69, 9.17) is 4.74 Å². The van der Waals surface area contributed by atoms with Crippen LogP contribution in [0, 0.1) is 11.3 Å². The van der Waals surface area contributed by atoms with Gasteiger partial charge >= 0.3 is 5.97 Å². The van der Waals surface area contributed by atoms with Crippen molar-refractivity contribution in [1.29, 1.82) is 0 Å². The first kappa shape index (κ1) is 13.7. The van der Waals surface area contributed by atoms with Crippen molar-refractivity contribution in [1.82, 2.24) is 4.90 Å². The molecule has 0 aromatic rings. The van der Waals surface area contributed by atoms with Crippen LogP contribution in [0.25, 0.3) is 0 Å². The highest BCUT2D eigenvalue weighted by molar-refractivity contribution is 5.97. The summed E-state index contributed by atoms with van der Waals surface area (Å²) in [6, 6.07) is 0. The molecule has 1 atom stereocenters. The van der Waals surface area contributed by atoms with Crippen LogP contribution in [-0.4, -0.2) is 30.1 Å². The summed E-state index contributed by atoms with van der Waals surface area (Å²) in [5, 5.41) is 0. The summed E-state index contributed by atoms with van der Waals surface area (Å²) >= 11 is 0. The molecule has 0 N–H and O–H groups in total.